The monoisotopic (exact) mass is 546 g/mol. The number of benzene rings is 6. The fourth-order valence-electron chi connectivity index (χ4n) is 6.94. The predicted molar refractivity (Wildman–Crippen MR) is 179 cm³/mol. The van der Waals surface area contributed by atoms with Gasteiger partial charge in [0.15, 0.2) is 0 Å². The Morgan fingerprint density at radius 2 is 0.860 bits per heavy atom. The molecule has 2 nitrogen and oxygen atoms in total. The van der Waals surface area contributed by atoms with Gasteiger partial charge in [-0.2, -0.15) is 0 Å². The summed E-state index contributed by atoms with van der Waals surface area (Å²) >= 11 is 0. The summed E-state index contributed by atoms with van der Waals surface area (Å²) < 4.78 is 2.33. The third-order valence-corrected chi connectivity index (χ3v) is 8.88. The van der Waals surface area contributed by atoms with E-state index in [1.807, 2.05) is 12.4 Å². The second-order valence-corrected chi connectivity index (χ2v) is 11.2. The van der Waals surface area contributed by atoms with Gasteiger partial charge >= 0.3 is 0 Å². The summed E-state index contributed by atoms with van der Waals surface area (Å²) in [6.45, 7) is 0. The molecule has 9 rings (SSSR count). The van der Waals surface area contributed by atoms with Crippen LogP contribution in [0.2, 0.25) is 0 Å². The molecule has 6 aromatic carbocycles. The number of hydrogen-bond donors (Lipinski definition) is 0. The van der Waals surface area contributed by atoms with E-state index < -0.39 is 0 Å². The molecule has 0 atom stereocenters. The minimum Gasteiger partial charge on any atom is -0.309 e. The predicted octanol–water partition coefficient (Wildman–Crippen LogP) is 10.8. The Hall–Kier alpha value is -5.73. The van der Waals surface area contributed by atoms with E-state index in [1.165, 1.54) is 66.5 Å². The summed E-state index contributed by atoms with van der Waals surface area (Å²) in [6.07, 6.45) is 3.87. The van der Waals surface area contributed by atoms with E-state index in [-0.39, 0.29) is 0 Å². The highest BCUT2D eigenvalue weighted by atomic mass is 15.0. The molecule has 0 N–H and O–H groups in total. The summed E-state index contributed by atoms with van der Waals surface area (Å²) in [6, 6.07) is 52.9. The average molecular weight is 547 g/mol. The summed E-state index contributed by atoms with van der Waals surface area (Å²) in [7, 11) is 0. The van der Waals surface area contributed by atoms with Gasteiger partial charge in [0.1, 0.15) is 0 Å². The standard InChI is InChI=1S/C41H26N2/c1-2-10-29(11-3-1)43-40-21-19-28(25-38(40)39-26-42-23-22-41(39)43)27-18-20-36-34-16-7-6-14-32(34)30-12-4-5-13-31(30)33-15-8-9-17-35(33)37(36)24-27/h1-26H. The number of nitrogens with zero attached hydrogens (tertiary/aromatic N) is 2. The van der Waals surface area contributed by atoms with Crippen LogP contribution >= 0.6 is 0 Å². The summed E-state index contributed by atoms with van der Waals surface area (Å²) in [5.74, 6) is 0. The molecule has 0 saturated carbocycles. The molecule has 0 radical (unpaired) electrons. The van der Waals surface area contributed by atoms with Crippen molar-refractivity contribution in [1.29, 1.82) is 0 Å². The average Bonchev–Trinajstić information content (AvgIpc) is 3.41. The third-order valence-electron chi connectivity index (χ3n) is 8.88. The lowest BCUT2D eigenvalue weighted by molar-refractivity contribution is 1.17. The van der Waals surface area contributed by atoms with Crippen molar-refractivity contribution in [2.24, 2.45) is 0 Å². The van der Waals surface area contributed by atoms with E-state index in [1.54, 1.807) is 0 Å². The molecule has 8 aromatic rings. The molecule has 1 aliphatic carbocycles. The Kier molecular flexibility index (Phi) is 5.23. The Morgan fingerprint density at radius 3 is 1.49 bits per heavy atom. The third kappa shape index (κ3) is 3.63. The smallest absolute Gasteiger partial charge is 0.0571 e. The van der Waals surface area contributed by atoms with Crippen molar-refractivity contribution in [3.63, 3.8) is 0 Å². The number of rotatable bonds is 2. The molecule has 0 bridgehead atoms. The van der Waals surface area contributed by atoms with Crippen molar-refractivity contribution in [3.8, 4) is 61.3 Å². The molecule has 1 aliphatic rings. The summed E-state index contributed by atoms with van der Waals surface area (Å²) in [4.78, 5) is 4.50. The molecule has 0 fully saturated rings. The van der Waals surface area contributed by atoms with Crippen LogP contribution in [-0.4, -0.2) is 9.55 Å². The van der Waals surface area contributed by atoms with Crippen LogP contribution in [-0.2, 0) is 0 Å². The zero-order valence-electron chi connectivity index (χ0n) is 23.4. The molecule has 200 valence electrons. The maximum Gasteiger partial charge on any atom is 0.0571 e. The first kappa shape index (κ1) is 23.9. The fraction of sp³-hybridized carbons (Fsp3) is 0. The van der Waals surface area contributed by atoms with Crippen molar-refractivity contribution >= 4 is 21.8 Å². The highest BCUT2D eigenvalue weighted by Crippen LogP contribution is 2.48. The van der Waals surface area contributed by atoms with E-state index >= 15 is 0 Å². The zero-order valence-corrected chi connectivity index (χ0v) is 23.4. The van der Waals surface area contributed by atoms with Crippen molar-refractivity contribution in [2.45, 2.75) is 0 Å². The largest absolute Gasteiger partial charge is 0.309 e. The van der Waals surface area contributed by atoms with E-state index in [4.69, 9.17) is 0 Å². The molecule has 0 spiro atoms. The maximum atomic E-state index is 4.50. The van der Waals surface area contributed by atoms with Gasteiger partial charge in [0, 0.05) is 28.9 Å². The number of pyridine rings is 1. The van der Waals surface area contributed by atoms with Crippen LogP contribution in [0.1, 0.15) is 0 Å². The van der Waals surface area contributed by atoms with Crippen LogP contribution in [0.3, 0.4) is 0 Å². The Balaban J connectivity index is 1.29. The SMILES string of the molecule is c1ccc(-n2c3ccncc3c3cc(-c4ccc5c(c4)-c4ccccc4-c4ccccc4-c4ccccc4-5)ccc32)cc1. The first-order valence-corrected chi connectivity index (χ1v) is 14.7. The van der Waals surface area contributed by atoms with Gasteiger partial charge in [-0.3, -0.25) is 4.98 Å². The molecule has 2 heterocycles. The summed E-state index contributed by atoms with van der Waals surface area (Å²) in [5.41, 5.74) is 16.0. The quantitative estimate of drug-likeness (QED) is 0.211. The van der Waals surface area contributed by atoms with Crippen LogP contribution in [0.4, 0.5) is 0 Å². The van der Waals surface area contributed by atoms with Crippen molar-refractivity contribution in [2.75, 3.05) is 0 Å². The lowest BCUT2D eigenvalue weighted by Crippen LogP contribution is -1.97. The Morgan fingerprint density at radius 1 is 0.372 bits per heavy atom. The molecule has 0 saturated heterocycles. The van der Waals surface area contributed by atoms with E-state index in [0.29, 0.717) is 0 Å². The van der Waals surface area contributed by atoms with E-state index in [2.05, 4.69) is 155 Å². The van der Waals surface area contributed by atoms with Crippen molar-refractivity contribution in [1.82, 2.24) is 9.55 Å². The number of aromatic nitrogens is 2. The molecule has 0 amide bonds. The Bertz CT molecular complexity index is 2340. The highest BCUT2D eigenvalue weighted by Gasteiger charge is 2.22. The molecule has 2 aromatic heterocycles. The number of hydrogen-bond acceptors (Lipinski definition) is 1. The molecule has 0 aliphatic heterocycles. The lowest BCUT2D eigenvalue weighted by atomic mass is 9.80. The molecule has 2 heteroatoms. The molecule has 43 heavy (non-hydrogen) atoms. The second kappa shape index (κ2) is 9.40. The molecular formula is C41H26N2. The maximum absolute atomic E-state index is 4.50. The minimum atomic E-state index is 1.15. The molecule has 0 unspecified atom stereocenters. The van der Waals surface area contributed by atoms with Crippen LogP contribution in [0, 0.1) is 0 Å². The van der Waals surface area contributed by atoms with Gasteiger partial charge in [0.2, 0.25) is 0 Å². The second-order valence-electron chi connectivity index (χ2n) is 11.2. The number of fused-ring (bicyclic) bond motifs is 11. The van der Waals surface area contributed by atoms with Crippen LogP contribution in [0.25, 0.3) is 83.1 Å². The van der Waals surface area contributed by atoms with Crippen LogP contribution in [0.5, 0.6) is 0 Å². The van der Waals surface area contributed by atoms with E-state index in [0.717, 1.165) is 16.6 Å². The zero-order chi connectivity index (χ0) is 28.3. The van der Waals surface area contributed by atoms with Gasteiger partial charge in [-0.25, -0.2) is 0 Å². The van der Waals surface area contributed by atoms with Gasteiger partial charge in [-0.1, -0.05) is 109 Å². The molecular weight excluding hydrogens is 520 g/mol. The van der Waals surface area contributed by atoms with Gasteiger partial charge < -0.3 is 4.57 Å². The van der Waals surface area contributed by atoms with Crippen LogP contribution in [0.15, 0.2) is 158 Å². The fourth-order valence-corrected chi connectivity index (χ4v) is 6.94. The van der Waals surface area contributed by atoms with Gasteiger partial charge in [-0.15, -0.1) is 0 Å². The van der Waals surface area contributed by atoms with Gasteiger partial charge in [0.05, 0.1) is 11.0 Å². The Labute approximate surface area is 250 Å². The van der Waals surface area contributed by atoms with Crippen molar-refractivity contribution < 1.29 is 0 Å². The van der Waals surface area contributed by atoms with Gasteiger partial charge in [0.25, 0.3) is 0 Å². The van der Waals surface area contributed by atoms with Crippen LogP contribution < -0.4 is 0 Å². The first-order valence-electron chi connectivity index (χ1n) is 14.7. The topological polar surface area (TPSA) is 17.8 Å². The van der Waals surface area contributed by atoms with E-state index in [9.17, 15) is 0 Å². The van der Waals surface area contributed by atoms with Crippen molar-refractivity contribution in [3.05, 3.63) is 158 Å². The number of para-hydroxylation sites is 1. The first-order chi connectivity index (χ1) is 21.3. The summed E-state index contributed by atoms with van der Waals surface area (Å²) in [5, 5.41) is 2.36. The minimum absolute atomic E-state index is 1.15. The normalized spacial score (nSPS) is 11.7. The highest BCUT2D eigenvalue weighted by molar-refractivity contribution is 6.10. The lowest BCUT2D eigenvalue weighted by Gasteiger charge is -2.23. The van der Waals surface area contributed by atoms with Gasteiger partial charge in [-0.05, 0) is 92.0 Å².